The first-order valence-electron chi connectivity index (χ1n) is 10.5. The van der Waals surface area contributed by atoms with Gasteiger partial charge in [0.2, 0.25) is 5.91 Å². The Balaban J connectivity index is 1.56. The molecular formula is C26H28N2O2S. The number of ether oxygens (including phenoxy) is 1. The third-order valence-electron chi connectivity index (χ3n) is 5.57. The molecule has 0 aliphatic carbocycles. The third-order valence-corrected chi connectivity index (χ3v) is 6.97. The second-order valence-electron chi connectivity index (χ2n) is 7.89. The van der Waals surface area contributed by atoms with E-state index in [2.05, 4.69) is 71.7 Å². The van der Waals surface area contributed by atoms with Gasteiger partial charge >= 0.3 is 0 Å². The number of methoxy groups -OCH3 is 1. The maximum Gasteiger partial charge on any atom is 0.221 e. The second-order valence-corrected chi connectivity index (χ2v) is 9.14. The van der Waals surface area contributed by atoms with Gasteiger partial charge in [-0.3, -0.25) is 4.79 Å². The molecule has 1 aliphatic heterocycles. The smallest absolute Gasteiger partial charge is 0.221 e. The van der Waals surface area contributed by atoms with Crippen LogP contribution in [0.4, 0.5) is 11.4 Å². The highest BCUT2D eigenvalue weighted by atomic mass is 32.2. The van der Waals surface area contributed by atoms with E-state index in [1.165, 1.54) is 34.2 Å². The van der Waals surface area contributed by atoms with Crippen molar-refractivity contribution in [3.63, 3.8) is 0 Å². The summed E-state index contributed by atoms with van der Waals surface area (Å²) in [6.07, 6.45) is 1.06. The molecule has 5 heteroatoms. The van der Waals surface area contributed by atoms with Crippen molar-refractivity contribution in [3.8, 4) is 5.75 Å². The van der Waals surface area contributed by atoms with Crippen molar-refractivity contribution in [2.45, 2.75) is 37.0 Å². The Morgan fingerprint density at radius 3 is 2.61 bits per heavy atom. The number of para-hydroxylation sites is 1. The van der Waals surface area contributed by atoms with E-state index in [4.69, 9.17) is 4.74 Å². The normalized spacial score (nSPS) is 15.7. The first-order valence-corrected chi connectivity index (χ1v) is 11.4. The van der Waals surface area contributed by atoms with Crippen molar-refractivity contribution >= 4 is 29.0 Å². The number of fused-ring (bicyclic) bond motifs is 1. The fourth-order valence-electron chi connectivity index (χ4n) is 4.04. The standard InChI is InChI=1S/C26H28N2O2S/c1-18-16-21(10-13-24(18)30-3)25-14-15-28(23-6-4-5-7-26(23)31-25)17-20-8-11-22(12-9-20)27-19(2)29/h4-13,16,25H,14-15,17H2,1-3H3,(H,27,29). The number of thioether (sulfide) groups is 1. The number of rotatable bonds is 5. The van der Waals surface area contributed by atoms with Crippen LogP contribution in [-0.2, 0) is 11.3 Å². The number of aryl methyl sites for hydroxylation is 1. The first-order chi connectivity index (χ1) is 15.0. The summed E-state index contributed by atoms with van der Waals surface area (Å²) in [5, 5.41) is 3.23. The summed E-state index contributed by atoms with van der Waals surface area (Å²) < 4.78 is 5.44. The molecule has 4 rings (SSSR count). The molecule has 3 aromatic carbocycles. The fraction of sp³-hybridized carbons (Fsp3) is 0.269. The van der Waals surface area contributed by atoms with Crippen molar-refractivity contribution in [3.05, 3.63) is 83.4 Å². The summed E-state index contributed by atoms with van der Waals surface area (Å²) in [5.74, 6) is 0.887. The van der Waals surface area contributed by atoms with Gasteiger partial charge < -0.3 is 15.0 Å². The fourth-order valence-corrected chi connectivity index (χ4v) is 5.33. The predicted octanol–water partition coefficient (Wildman–Crippen LogP) is 6.21. The minimum absolute atomic E-state index is 0.0500. The minimum Gasteiger partial charge on any atom is -0.496 e. The van der Waals surface area contributed by atoms with Crippen LogP contribution in [0.25, 0.3) is 0 Å². The number of benzene rings is 3. The molecular weight excluding hydrogens is 404 g/mol. The van der Waals surface area contributed by atoms with Gasteiger partial charge in [0.25, 0.3) is 0 Å². The summed E-state index contributed by atoms with van der Waals surface area (Å²) in [7, 11) is 1.72. The SMILES string of the molecule is COc1ccc(C2CCN(Cc3ccc(NC(C)=O)cc3)c3ccccc3S2)cc1C. The zero-order valence-electron chi connectivity index (χ0n) is 18.2. The summed E-state index contributed by atoms with van der Waals surface area (Å²) in [5.41, 5.74) is 5.87. The zero-order chi connectivity index (χ0) is 21.8. The number of hydrogen-bond acceptors (Lipinski definition) is 4. The molecule has 1 unspecified atom stereocenters. The zero-order valence-corrected chi connectivity index (χ0v) is 19.0. The monoisotopic (exact) mass is 432 g/mol. The molecule has 0 saturated heterocycles. The van der Waals surface area contributed by atoms with Crippen LogP contribution in [0.3, 0.4) is 0 Å². The van der Waals surface area contributed by atoms with Crippen molar-refractivity contribution in [2.24, 2.45) is 0 Å². The highest BCUT2D eigenvalue weighted by Gasteiger charge is 2.23. The van der Waals surface area contributed by atoms with Gasteiger partial charge in [0.15, 0.2) is 0 Å². The predicted molar refractivity (Wildman–Crippen MR) is 129 cm³/mol. The molecule has 160 valence electrons. The van der Waals surface area contributed by atoms with E-state index in [0.717, 1.165) is 30.9 Å². The molecule has 1 heterocycles. The molecule has 0 aromatic heterocycles. The average Bonchev–Trinajstić information content (AvgIpc) is 2.94. The summed E-state index contributed by atoms with van der Waals surface area (Å²) in [6.45, 7) is 5.45. The molecule has 3 aromatic rings. The van der Waals surface area contributed by atoms with Crippen LogP contribution in [0.1, 0.15) is 35.3 Å². The molecule has 1 atom stereocenters. The average molecular weight is 433 g/mol. The molecule has 1 amide bonds. The number of carbonyl (C=O) groups is 1. The molecule has 1 N–H and O–H groups in total. The van der Waals surface area contributed by atoms with Crippen molar-refractivity contribution < 1.29 is 9.53 Å². The number of anilines is 2. The molecule has 31 heavy (non-hydrogen) atoms. The largest absolute Gasteiger partial charge is 0.496 e. The van der Waals surface area contributed by atoms with Crippen LogP contribution < -0.4 is 15.0 Å². The van der Waals surface area contributed by atoms with Gasteiger partial charge in [-0.2, -0.15) is 0 Å². The Hall–Kier alpha value is -2.92. The summed E-state index contributed by atoms with van der Waals surface area (Å²) >= 11 is 1.95. The van der Waals surface area contributed by atoms with Gasteiger partial charge in [0.1, 0.15) is 5.75 Å². The van der Waals surface area contributed by atoms with Crippen LogP contribution in [0, 0.1) is 6.92 Å². The van der Waals surface area contributed by atoms with Crippen molar-refractivity contribution in [2.75, 3.05) is 23.9 Å². The van der Waals surface area contributed by atoms with E-state index in [9.17, 15) is 4.79 Å². The topological polar surface area (TPSA) is 41.6 Å². The van der Waals surface area contributed by atoms with E-state index >= 15 is 0 Å². The van der Waals surface area contributed by atoms with E-state index < -0.39 is 0 Å². The number of carbonyl (C=O) groups excluding carboxylic acids is 1. The molecule has 4 nitrogen and oxygen atoms in total. The molecule has 0 radical (unpaired) electrons. The Bertz CT molecular complexity index is 1070. The van der Waals surface area contributed by atoms with Crippen LogP contribution in [0.15, 0.2) is 71.6 Å². The number of nitrogens with zero attached hydrogens (tertiary/aromatic N) is 1. The summed E-state index contributed by atoms with van der Waals surface area (Å²) in [6, 6.07) is 23.3. The van der Waals surface area contributed by atoms with Crippen molar-refractivity contribution in [1.82, 2.24) is 0 Å². The first kappa shape index (κ1) is 21.3. The number of nitrogens with one attached hydrogen (secondary N) is 1. The number of hydrogen-bond donors (Lipinski definition) is 1. The van der Waals surface area contributed by atoms with Gasteiger partial charge in [-0.1, -0.05) is 36.4 Å². The maximum absolute atomic E-state index is 11.3. The highest BCUT2D eigenvalue weighted by Crippen LogP contribution is 2.46. The maximum atomic E-state index is 11.3. The quantitative estimate of drug-likeness (QED) is 0.521. The van der Waals surface area contributed by atoms with Crippen LogP contribution in [-0.4, -0.2) is 19.6 Å². The lowest BCUT2D eigenvalue weighted by atomic mass is 10.1. The Morgan fingerprint density at radius 2 is 1.90 bits per heavy atom. The van der Waals surface area contributed by atoms with Gasteiger partial charge in [0.05, 0.1) is 12.8 Å². The second kappa shape index (κ2) is 9.48. The summed E-state index contributed by atoms with van der Waals surface area (Å²) in [4.78, 5) is 15.0. The number of amides is 1. The highest BCUT2D eigenvalue weighted by molar-refractivity contribution is 7.99. The van der Waals surface area contributed by atoms with Crippen LogP contribution >= 0.6 is 11.8 Å². The Morgan fingerprint density at radius 1 is 1.13 bits per heavy atom. The van der Waals surface area contributed by atoms with Gasteiger partial charge in [0, 0.05) is 35.8 Å². The lowest BCUT2D eigenvalue weighted by Gasteiger charge is -2.25. The van der Waals surface area contributed by atoms with Gasteiger partial charge in [-0.05, 0) is 60.4 Å². The molecule has 0 bridgehead atoms. The Labute approximate surface area is 188 Å². The van der Waals surface area contributed by atoms with Crippen LogP contribution in [0.5, 0.6) is 5.75 Å². The third kappa shape index (κ3) is 5.05. The molecule has 0 spiro atoms. The van der Waals surface area contributed by atoms with Crippen LogP contribution in [0.2, 0.25) is 0 Å². The van der Waals surface area contributed by atoms with E-state index in [1.807, 2.05) is 23.9 Å². The lowest BCUT2D eigenvalue weighted by molar-refractivity contribution is -0.114. The lowest BCUT2D eigenvalue weighted by Crippen LogP contribution is -2.24. The molecule has 0 fully saturated rings. The van der Waals surface area contributed by atoms with Crippen molar-refractivity contribution in [1.29, 1.82) is 0 Å². The molecule has 0 saturated carbocycles. The molecule has 1 aliphatic rings. The van der Waals surface area contributed by atoms with E-state index in [-0.39, 0.29) is 5.91 Å². The van der Waals surface area contributed by atoms with Gasteiger partial charge in [-0.25, -0.2) is 0 Å². The minimum atomic E-state index is -0.0500. The van der Waals surface area contributed by atoms with E-state index in [0.29, 0.717) is 5.25 Å². The van der Waals surface area contributed by atoms with Gasteiger partial charge in [-0.15, -0.1) is 11.8 Å². The Kier molecular flexibility index (Phi) is 6.52. The van der Waals surface area contributed by atoms with E-state index in [1.54, 1.807) is 7.11 Å².